The highest BCUT2D eigenvalue weighted by Gasteiger charge is 2.13. The molecule has 0 bridgehead atoms. The molecule has 4 nitrogen and oxygen atoms in total. The number of nitriles is 1. The lowest BCUT2D eigenvalue weighted by Crippen LogP contribution is -2.24. The molecule has 0 spiro atoms. The zero-order valence-corrected chi connectivity index (χ0v) is 12.0. The number of hydrogen-bond donors (Lipinski definition) is 0. The Labute approximate surface area is 130 Å². The zero-order valence-electron chi connectivity index (χ0n) is 12.0. The molecule has 0 aliphatic heterocycles. The number of halogens is 2. The Balaban J connectivity index is 2.18. The normalized spacial score (nSPS) is 10.7. The van der Waals surface area contributed by atoms with Gasteiger partial charge in [0.05, 0.1) is 17.1 Å². The molecule has 0 amide bonds. The Kier molecular flexibility index (Phi) is 3.85. The molecular formula is C17H11F2N3O. The molecule has 2 aromatic carbocycles. The molecule has 0 radical (unpaired) electrons. The standard InChI is InChI=1S/C17H11F2N3O/c18-12-6-5-11(15(19)10-12)9-16-13-3-1-2-4-14(13)17(23)22(21-16)8-7-20/h1-6,10H,8-9H2. The molecule has 3 aromatic rings. The summed E-state index contributed by atoms with van der Waals surface area (Å²) in [6.07, 6.45) is 0.0956. The van der Waals surface area contributed by atoms with Crippen LogP contribution in [0.4, 0.5) is 8.78 Å². The first-order chi connectivity index (χ1) is 11.1. The Hall–Kier alpha value is -3.07. The van der Waals surface area contributed by atoms with Crippen molar-refractivity contribution in [3.8, 4) is 6.07 Å². The SMILES string of the molecule is N#CCn1nc(Cc2ccc(F)cc2F)c2ccccc2c1=O. The van der Waals surface area contributed by atoms with Gasteiger partial charge >= 0.3 is 0 Å². The summed E-state index contributed by atoms with van der Waals surface area (Å²) < 4.78 is 27.9. The van der Waals surface area contributed by atoms with Crippen molar-refractivity contribution >= 4 is 10.8 Å². The van der Waals surface area contributed by atoms with Crippen molar-refractivity contribution in [1.29, 1.82) is 5.26 Å². The van der Waals surface area contributed by atoms with E-state index in [-0.39, 0.29) is 24.1 Å². The smallest absolute Gasteiger partial charge is 0.267 e. The monoisotopic (exact) mass is 311 g/mol. The fraction of sp³-hybridized carbons (Fsp3) is 0.118. The van der Waals surface area contributed by atoms with Gasteiger partial charge < -0.3 is 0 Å². The van der Waals surface area contributed by atoms with Gasteiger partial charge in [0.15, 0.2) is 0 Å². The zero-order chi connectivity index (χ0) is 16.4. The van der Waals surface area contributed by atoms with E-state index in [9.17, 15) is 13.6 Å². The van der Waals surface area contributed by atoms with Gasteiger partial charge in [-0.3, -0.25) is 4.79 Å². The maximum absolute atomic E-state index is 13.9. The van der Waals surface area contributed by atoms with Crippen LogP contribution < -0.4 is 5.56 Å². The summed E-state index contributed by atoms with van der Waals surface area (Å²) in [6, 6.07) is 12.0. The maximum Gasteiger partial charge on any atom is 0.275 e. The summed E-state index contributed by atoms with van der Waals surface area (Å²) in [7, 11) is 0. The predicted molar refractivity (Wildman–Crippen MR) is 80.8 cm³/mol. The van der Waals surface area contributed by atoms with E-state index in [0.717, 1.165) is 10.7 Å². The van der Waals surface area contributed by atoms with Crippen LogP contribution in [0.15, 0.2) is 47.3 Å². The van der Waals surface area contributed by atoms with Crippen LogP contribution in [-0.4, -0.2) is 9.78 Å². The molecule has 0 unspecified atom stereocenters. The molecule has 0 N–H and O–H groups in total. The summed E-state index contributed by atoms with van der Waals surface area (Å²) in [5.74, 6) is -1.33. The number of aromatic nitrogens is 2. The largest absolute Gasteiger partial charge is 0.275 e. The van der Waals surface area contributed by atoms with E-state index in [0.29, 0.717) is 16.5 Å². The van der Waals surface area contributed by atoms with Crippen LogP contribution in [0.1, 0.15) is 11.3 Å². The molecule has 0 atom stereocenters. The summed E-state index contributed by atoms with van der Waals surface area (Å²) in [4.78, 5) is 12.3. The molecule has 114 valence electrons. The van der Waals surface area contributed by atoms with Gasteiger partial charge in [0.25, 0.3) is 5.56 Å². The Morgan fingerprint density at radius 2 is 1.87 bits per heavy atom. The molecule has 23 heavy (non-hydrogen) atoms. The van der Waals surface area contributed by atoms with Gasteiger partial charge in [0.1, 0.15) is 18.2 Å². The third-order valence-electron chi connectivity index (χ3n) is 3.54. The van der Waals surface area contributed by atoms with Crippen LogP contribution in [0.25, 0.3) is 10.8 Å². The van der Waals surface area contributed by atoms with Crippen LogP contribution >= 0.6 is 0 Å². The highest BCUT2D eigenvalue weighted by Crippen LogP contribution is 2.19. The van der Waals surface area contributed by atoms with Crippen LogP contribution in [0.3, 0.4) is 0 Å². The third kappa shape index (κ3) is 2.81. The topological polar surface area (TPSA) is 58.7 Å². The van der Waals surface area contributed by atoms with Crippen molar-refractivity contribution in [1.82, 2.24) is 9.78 Å². The average Bonchev–Trinajstić information content (AvgIpc) is 2.54. The second-order valence-corrected chi connectivity index (χ2v) is 5.03. The van der Waals surface area contributed by atoms with Crippen LogP contribution in [0.5, 0.6) is 0 Å². The number of hydrogen-bond acceptors (Lipinski definition) is 3. The van der Waals surface area contributed by atoms with Gasteiger partial charge in [-0.2, -0.15) is 10.4 Å². The van der Waals surface area contributed by atoms with Gasteiger partial charge in [0.2, 0.25) is 0 Å². The number of rotatable bonds is 3. The van der Waals surface area contributed by atoms with E-state index in [1.165, 1.54) is 12.1 Å². The van der Waals surface area contributed by atoms with Gasteiger partial charge in [-0.15, -0.1) is 0 Å². The third-order valence-corrected chi connectivity index (χ3v) is 3.54. The minimum Gasteiger partial charge on any atom is -0.267 e. The minimum atomic E-state index is -0.672. The minimum absolute atomic E-state index is 0.0956. The van der Waals surface area contributed by atoms with E-state index < -0.39 is 11.6 Å². The van der Waals surface area contributed by atoms with Crippen molar-refractivity contribution in [2.45, 2.75) is 13.0 Å². The Bertz CT molecular complexity index is 989. The fourth-order valence-electron chi connectivity index (χ4n) is 2.46. The molecule has 3 rings (SSSR count). The second-order valence-electron chi connectivity index (χ2n) is 5.03. The van der Waals surface area contributed by atoms with Crippen molar-refractivity contribution in [3.63, 3.8) is 0 Å². The lowest BCUT2D eigenvalue weighted by atomic mass is 10.0. The number of fused-ring (bicyclic) bond motifs is 1. The van der Waals surface area contributed by atoms with Crippen molar-refractivity contribution < 1.29 is 8.78 Å². The van der Waals surface area contributed by atoms with Gasteiger partial charge in [0, 0.05) is 17.9 Å². The second kappa shape index (κ2) is 5.97. The van der Waals surface area contributed by atoms with E-state index in [4.69, 9.17) is 5.26 Å². The first-order valence-electron chi connectivity index (χ1n) is 6.90. The highest BCUT2D eigenvalue weighted by molar-refractivity contribution is 5.83. The van der Waals surface area contributed by atoms with Gasteiger partial charge in [-0.25, -0.2) is 13.5 Å². The van der Waals surface area contributed by atoms with E-state index in [1.807, 2.05) is 6.07 Å². The molecule has 0 aliphatic rings. The van der Waals surface area contributed by atoms with Crippen molar-refractivity contribution in [2.24, 2.45) is 0 Å². The lowest BCUT2D eigenvalue weighted by molar-refractivity contribution is 0.572. The quantitative estimate of drug-likeness (QED) is 0.747. The summed E-state index contributed by atoms with van der Waals surface area (Å²) in [5.41, 5.74) is 0.359. The Morgan fingerprint density at radius 1 is 1.13 bits per heavy atom. The molecular weight excluding hydrogens is 300 g/mol. The van der Waals surface area contributed by atoms with Gasteiger partial charge in [-0.1, -0.05) is 24.3 Å². The van der Waals surface area contributed by atoms with E-state index >= 15 is 0 Å². The molecule has 1 heterocycles. The molecule has 0 fully saturated rings. The van der Waals surface area contributed by atoms with Crippen molar-refractivity contribution in [3.05, 3.63) is 75.7 Å². The van der Waals surface area contributed by atoms with Crippen LogP contribution in [0.2, 0.25) is 0 Å². The molecule has 6 heteroatoms. The summed E-state index contributed by atoms with van der Waals surface area (Å²) >= 11 is 0. The van der Waals surface area contributed by atoms with Crippen LogP contribution in [-0.2, 0) is 13.0 Å². The molecule has 0 saturated carbocycles. The van der Waals surface area contributed by atoms with Crippen LogP contribution in [0, 0.1) is 23.0 Å². The van der Waals surface area contributed by atoms with Crippen molar-refractivity contribution in [2.75, 3.05) is 0 Å². The number of benzene rings is 2. The van der Waals surface area contributed by atoms with E-state index in [1.54, 1.807) is 24.3 Å². The predicted octanol–water partition coefficient (Wildman–Crippen LogP) is 2.79. The first kappa shape index (κ1) is 14.9. The molecule has 0 saturated heterocycles. The molecule has 1 aromatic heterocycles. The summed E-state index contributed by atoms with van der Waals surface area (Å²) in [6.45, 7) is -0.192. The molecule has 0 aliphatic carbocycles. The highest BCUT2D eigenvalue weighted by atomic mass is 19.1. The lowest BCUT2D eigenvalue weighted by Gasteiger charge is -2.09. The first-order valence-corrected chi connectivity index (χ1v) is 6.90. The maximum atomic E-state index is 13.9. The number of nitrogens with zero attached hydrogens (tertiary/aromatic N) is 3. The Morgan fingerprint density at radius 3 is 2.57 bits per heavy atom. The average molecular weight is 311 g/mol. The fourth-order valence-corrected chi connectivity index (χ4v) is 2.46. The van der Waals surface area contributed by atoms with Gasteiger partial charge in [-0.05, 0) is 17.7 Å². The summed E-state index contributed by atoms with van der Waals surface area (Å²) in [5, 5.41) is 14.0. The van der Waals surface area contributed by atoms with E-state index in [2.05, 4.69) is 5.10 Å².